The molecule has 0 radical (unpaired) electrons. The van der Waals surface area contributed by atoms with Crippen LogP contribution in [0, 0.1) is 0 Å². The van der Waals surface area contributed by atoms with E-state index in [2.05, 4.69) is 47.2 Å². The minimum absolute atomic E-state index is 0.0964. The third-order valence-corrected chi connectivity index (χ3v) is 9.05. The largest absolute Gasteiger partial charge is 0.379 e. The summed E-state index contributed by atoms with van der Waals surface area (Å²) < 4.78 is 35.8. The molecule has 0 saturated carbocycles. The molecule has 1 unspecified atom stereocenters. The highest BCUT2D eigenvalue weighted by Crippen LogP contribution is 2.20. The predicted molar refractivity (Wildman–Crippen MR) is 222 cm³/mol. The smallest absolute Gasteiger partial charge is 0.254 e. The van der Waals surface area contributed by atoms with Gasteiger partial charge in [0, 0.05) is 26.1 Å². The molecule has 4 atom stereocenters. The van der Waals surface area contributed by atoms with Crippen molar-refractivity contribution in [3.05, 3.63) is 47.8 Å². The van der Waals surface area contributed by atoms with Gasteiger partial charge in [0.1, 0.15) is 17.8 Å². The van der Waals surface area contributed by atoms with Crippen LogP contribution >= 0.6 is 0 Å². The maximum absolute atomic E-state index is 14.0. The van der Waals surface area contributed by atoms with E-state index in [0.717, 1.165) is 12.5 Å². The Labute approximate surface area is 359 Å². The van der Waals surface area contributed by atoms with E-state index in [9.17, 15) is 33.2 Å². The first kappa shape index (κ1) is 50.6. The number of nitrogens with one attached hydrogen (secondary N) is 6. The lowest BCUT2D eigenvalue weighted by Gasteiger charge is -2.23. The van der Waals surface area contributed by atoms with Crippen molar-refractivity contribution < 1.29 is 52.1 Å². The van der Waals surface area contributed by atoms with Crippen LogP contribution in [-0.2, 0) is 54.1 Å². The van der Waals surface area contributed by atoms with Crippen LogP contribution in [0.4, 0.5) is 4.39 Å². The topological polar surface area (TPSA) is 307 Å². The molecule has 1 aromatic heterocycles. The lowest BCUT2D eigenvalue weighted by atomic mass is 10.0. The van der Waals surface area contributed by atoms with Crippen molar-refractivity contribution in [2.45, 2.75) is 69.7 Å². The molecular formula is C39H61FN12O10. The number of hydrogen-bond acceptors (Lipinski definition) is 13. The van der Waals surface area contributed by atoms with Crippen molar-refractivity contribution in [3.8, 4) is 0 Å². The number of guanidine groups is 1. The first-order chi connectivity index (χ1) is 29.9. The SMILES string of the molecule is C[C@H](F)C(=O)NCCOCCOCCOCCOCCC(=O)NCCCC1C(=O)N[C@@H](CCCN=C(N)N)C(=O)NCC(=O)NCC(=O)N[C@@H](Cc2ccccc2)c2cn1nn2. The molecule has 0 spiro atoms. The number of alkyl halides is 1. The Morgan fingerprint density at radius 3 is 2.16 bits per heavy atom. The summed E-state index contributed by atoms with van der Waals surface area (Å²) >= 11 is 0. The summed E-state index contributed by atoms with van der Waals surface area (Å²) in [6, 6.07) is 6.67. The van der Waals surface area contributed by atoms with Gasteiger partial charge >= 0.3 is 0 Å². The fourth-order valence-electron chi connectivity index (χ4n) is 5.81. The van der Waals surface area contributed by atoms with Gasteiger partial charge in [-0.2, -0.15) is 0 Å². The number of aromatic nitrogens is 3. The number of nitrogens with zero attached hydrogens (tertiary/aromatic N) is 4. The number of hydrogen-bond donors (Lipinski definition) is 8. The van der Waals surface area contributed by atoms with Crippen molar-refractivity contribution in [1.82, 2.24) is 46.9 Å². The molecule has 0 saturated heterocycles. The zero-order chi connectivity index (χ0) is 45.0. The Bertz CT molecular complexity index is 1710. The summed E-state index contributed by atoms with van der Waals surface area (Å²) in [6.07, 6.45) is 1.42. The van der Waals surface area contributed by atoms with Gasteiger partial charge in [-0.15, -0.1) is 5.10 Å². The zero-order valence-corrected chi connectivity index (χ0v) is 35.1. The van der Waals surface area contributed by atoms with Gasteiger partial charge in [-0.05, 0) is 44.6 Å². The summed E-state index contributed by atoms with van der Waals surface area (Å²) in [5.74, 6) is -3.35. The number of benzene rings is 1. The average Bonchev–Trinajstić information content (AvgIpc) is 3.74. The van der Waals surface area contributed by atoms with Gasteiger partial charge in [0.25, 0.3) is 5.91 Å². The molecule has 2 aromatic rings. The summed E-state index contributed by atoms with van der Waals surface area (Å²) in [6.45, 7) is 3.30. The first-order valence-corrected chi connectivity index (χ1v) is 20.6. The zero-order valence-electron chi connectivity index (χ0n) is 35.1. The lowest BCUT2D eigenvalue weighted by Crippen LogP contribution is -2.51. The molecule has 1 aliphatic rings. The lowest BCUT2D eigenvalue weighted by molar-refractivity contribution is -0.132. The van der Waals surface area contributed by atoms with E-state index in [-0.39, 0.29) is 77.1 Å². The standard InChI is InChI=1S/C39H61FN12O10/c1-27(40)36(56)44-14-16-60-18-20-62-22-21-61-19-17-59-15-11-33(53)43-12-6-10-32-38(58)49-29(9-5-13-45-39(41)42)37(57)47-24-34(54)46-25-35(55)48-30(31-26-52(32)51-50-31)23-28-7-3-2-4-8-28/h2-4,7-8,26-27,29-30,32H,5-6,9-25H2,1H3,(H,43,53)(H,44,56)(H,46,54)(H,47,57)(H,48,55)(H,49,58)(H4,41,42,45)/t27-,29-,30-,32?/m0/s1. The maximum atomic E-state index is 14.0. The molecule has 3 rings (SSSR count). The summed E-state index contributed by atoms with van der Waals surface area (Å²) in [5.41, 5.74) is 12.1. The van der Waals surface area contributed by atoms with Crippen molar-refractivity contribution >= 4 is 41.4 Å². The number of fused-ring (bicyclic) bond motifs is 2. The number of nitrogens with two attached hydrogens (primary N) is 2. The van der Waals surface area contributed by atoms with E-state index >= 15 is 0 Å². The Hall–Kier alpha value is -5.78. The summed E-state index contributed by atoms with van der Waals surface area (Å²) in [5, 5.41) is 24.5. The summed E-state index contributed by atoms with van der Waals surface area (Å²) in [7, 11) is 0. The van der Waals surface area contributed by atoms with Crippen LogP contribution in [0.5, 0.6) is 0 Å². The Balaban J connectivity index is 1.51. The van der Waals surface area contributed by atoms with Crippen LogP contribution in [-0.4, -0.2) is 154 Å². The van der Waals surface area contributed by atoms with E-state index < -0.39 is 60.4 Å². The number of carbonyl (C=O) groups is 6. The van der Waals surface area contributed by atoms with Gasteiger partial charge in [0.05, 0.1) is 78.2 Å². The number of aliphatic imine (C=N–C) groups is 1. The fourth-order valence-corrected chi connectivity index (χ4v) is 5.81. The molecule has 1 aliphatic heterocycles. The van der Waals surface area contributed by atoms with Crippen LogP contribution in [0.3, 0.4) is 0 Å². The van der Waals surface area contributed by atoms with Gasteiger partial charge < -0.3 is 62.3 Å². The molecular weight excluding hydrogens is 816 g/mol. The Morgan fingerprint density at radius 1 is 0.823 bits per heavy atom. The first-order valence-electron chi connectivity index (χ1n) is 20.6. The minimum atomic E-state index is -1.56. The van der Waals surface area contributed by atoms with Crippen LogP contribution in [0.25, 0.3) is 0 Å². The van der Waals surface area contributed by atoms with E-state index in [1.807, 2.05) is 30.3 Å². The minimum Gasteiger partial charge on any atom is -0.379 e. The van der Waals surface area contributed by atoms with Gasteiger partial charge in [0.2, 0.25) is 29.5 Å². The molecule has 344 valence electrons. The monoisotopic (exact) mass is 876 g/mol. The molecule has 10 N–H and O–H groups in total. The highest BCUT2D eigenvalue weighted by Gasteiger charge is 2.29. The van der Waals surface area contributed by atoms with E-state index in [1.165, 1.54) is 4.68 Å². The maximum Gasteiger partial charge on any atom is 0.254 e. The van der Waals surface area contributed by atoms with E-state index in [1.54, 1.807) is 6.20 Å². The molecule has 23 heteroatoms. The summed E-state index contributed by atoms with van der Waals surface area (Å²) in [4.78, 5) is 80.4. The third-order valence-electron chi connectivity index (χ3n) is 9.05. The van der Waals surface area contributed by atoms with Gasteiger partial charge in [-0.25, -0.2) is 9.07 Å². The number of ether oxygens (including phenoxy) is 4. The Morgan fingerprint density at radius 2 is 1.48 bits per heavy atom. The quantitative estimate of drug-likeness (QED) is 0.0284. The number of halogens is 1. The highest BCUT2D eigenvalue weighted by atomic mass is 19.1. The molecule has 22 nitrogen and oxygen atoms in total. The molecule has 0 aliphatic carbocycles. The van der Waals surface area contributed by atoms with Crippen molar-refractivity contribution in [2.75, 3.05) is 85.6 Å². The highest BCUT2D eigenvalue weighted by molar-refractivity contribution is 5.92. The Kier molecular flexibility index (Phi) is 24.0. The average molecular weight is 877 g/mol. The normalized spacial score (nSPS) is 17.8. The molecule has 62 heavy (non-hydrogen) atoms. The number of carbonyl (C=O) groups excluding carboxylic acids is 6. The van der Waals surface area contributed by atoms with Crippen LogP contribution in [0.15, 0.2) is 41.5 Å². The van der Waals surface area contributed by atoms with Crippen LogP contribution in [0.2, 0.25) is 0 Å². The fraction of sp³-hybridized carbons (Fsp3) is 0.615. The second-order valence-electron chi connectivity index (χ2n) is 14.1. The van der Waals surface area contributed by atoms with Crippen LogP contribution in [0.1, 0.15) is 62.4 Å². The van der Waals surface area contributed by atoms with Crippen molar-refractivity contribution in [2.24, 2.45) is 16.5 Å². The number of rotatable bonds is 26. The number of amides is 6. The van der Waals surface area contributed by atoms with E-state index in [0.29, 0.717) is 58.0 Å². The second-order valence-corrected chi connectivity index (χ2v) is 14.1. The van der Waals surface area contributed by atoms with E-state index in [4.69, 9.17) is 30.4 Å². The van der Waals surface area contributed by atoms with Crippen molar-refractivity contribution in [1.29, 1.82) is 0 Å². The molecule has 2 bridgehead atoms. The van der Waals surface area contributed by atoms with Crippen LogP contribution < -0.4 is 43.4 Å². The van der Waals surface area contributed by atoms with Gasteiger partial charge in [-0.1, -0.05) is 35.5 Å². The molecule has 0 fully saturated rings. The van der Waals surface area contributed by atoms with Crippen molar-refractivity contribution in [3.63, 3.8) is 0 Å². The van der Waals surface area contributed by atoms with Gasteiger partial charge in [-0.3, -0.25) is 33.8 Å². The second kappa shape index (κ2) is 29.5. The predicted octanol–water partition coefficient (Wildman–Crippen LogP) is -2.17. The molecule has 6 amide bonds. The molecule has 1 aromatic carbocycles. The molecule has 2 heterocycles. The van der Waals surface area contributed by atoms with Gasteiger partial charge in [0.15, 0.2) is 12.1 Å². The third kappa shape index (κ3) is 21.1.